The van der Waals surface area contributed by atoms with E-state index >= 15 is 0 Å². The molecule has 4 fully saturated rings. The molecule has 112 valence electrons. The van der Waals surface area contributed by atoms with E-state index in [2.05, 4.69) is 6.92 Å². The van der Waals surface area contributed by atoms with E-state index in [4.69, 9.17) is 0 Å². The van der Waals surface area contributed by atoms with Crippen LogP contribution in [0.25, 0.3) is 0 Å². The molecule has 0 bridgehead atoms. The van der Waals surface area contributed by atoms with E-state index in [1.807, 2.05) is 0 Å². The summed E-state index contributed by atoms with van der Waals surface area (Å²) in [5, 5.41) is 10.9. The normalized spacial score (nSPS) is 55.0. The van der Waals surface area contributed by atoms with Crippen LogP contribution in [0.3, 0.4) is 0 Å². The Balaban J connectivity index is 1.64. The summed E-state index contributed by atoms with van der Waals surface area (Å²) in [5.74, 6) is 3.22. The van der Waals surface area contributed by atoms with Crippen molar-refractivity contribution < 1.29 is 9.90 Å². The summed E-state index contributed by atoms with van der Waals surface area (Å²) in [5.41, 5.74) is 0.0651. The fourth-order valence-corrected chi connectivity index (χ4v) is 6.66. The number of aliphatic hydroxyl groups is 1. The Hall–Kier alpha value is -0.370. The first-order chi connectivity index (χ1) is 9.53. The molecule has 4 aliphatic carbocycles. The largest absolute Gasteiger partial charge is 0.390 e. The van der Waals surface area contributed by atoms with Crippen molar-refractivity contribution in [3.8, 4) is 0 Å². The third kappa shape index (κ3) is 1.70. The van der Waals surface area contributed by atoms with Crippen molar-refractivity contribution in [2.75, 3.05) is 0 Å². The first-order valence-corrected chi connectivity index (χ1v) is 8.77. The Morgan fingerprint density at radius 1 is 1.05 bits per heavy atom. The number of Topliss-reactive ketones (excluding diaryl/α,β-unsaturated/α-hetero) is 1. The zero-order valence-corrected chi connectivity index (χ0v) is 12.7. The van der Waals surface area contributed by atoms with E-state index in [1.54, 1.807) is 0 Å². The molecule has 0 aromatic carbocycles. The van der Waals surface area contributed by atoms with Crippen molar-refractivity contribution in [1.29, 1.82) is 0 Å². The maximum atomic E-state index is 11.8. The van der Waals surface area contributed by atoms with Crippen molar-refractivity contribution in [2.45, 2.75) is 76.7 Å². The molecule has 4 saturated carbocycles. The molecule has 0 radical (unpaired) electrons. The van der Waals surface area contributed by atoms with Crippen LogP contribution in [-0.4, -0.2) is 16.5 Å². The number of carbonyl (C=O) groups excluding carboxylic acids is 1. The minimum atomic E-state index is -0.325. The van der Waals surface area contributed by atoms with Crippen molar-refractivity contribution >= 4 is 5.78 Å². The molecule has 0 amide bonds. The van der Waals surface area contributed by atoms with Crippen LogP contribution in [0.2, 0.25) is 0 Å². The molecule has 4 aliphatic rings. The van der Waals surface area contributed by atoms with Gasteiger partial charge in [0.05, 0.1) is 5.60 Å². The first-order valence-electron chi connectivity index (χ1n) is 8.77. The van der Waals surface area contributed by atoms with Gasteiger partial charge in [-0.25, -0.2) is 0 Å². The minimum absolute atomic E-state index is 0.325. The quantitative estimate of drug-likeness (QED) is 0.732. The number of hydrogen-bond donors (Lipinski definition) is 1. The molecule has 0 heterocycles. The summed E-state index contributed by atoms with van der Waals surface area (Å²) in [6.45, 7) is 2.47. The average Bonchev–Trinajstić information content (AvgIpc) is 2.81. The lowest BCUT2D eigenvalue weighted by atomic mass is 9.46. The molecule has 1 N–H and O–H groups in total. The molecule has 2 heteroatoms. The van der Waals surface area contributed by atoms with E-state index in [1.165, 1.54) is 32.1 Å². The van der Waals surface area contributed by atoms with E-state index in [9.17, 15) is 9.90 Å². The van der Waals surface area contributed by atoms with Crippen LogP contribution in [0.1, 0.15) is 71.1 Å². The fraction of sp³-hybridized carbons (Fsp3) is 0.944. The smallest absolute Gasteiger partial charge is 0.133 e. The molecule has 4 rings (SSSR count). The lowest BCUT2D eigenvalue weighted by molar-refractivity contribution is -0.151. The van der Waals surface area contributed by atoms with Crippen LogP contribution >= 0.6 is 0 Å². The highest BCUT2D eigenvalue weighted by atomic mass is 16.3. The van der Waals surface area contributed by atoms with Gasteiger partial charge in [-0.1, -0.05) is 13.3 Å². The monoisotopic (exact) mass is 276 g/mol. The van der Waals surface area contributed by atoms with Gasteiger partial charge in [0.1, 0.15) is 5.78 Å². The van der Waals surface area contributed by atoms with Crippen molar-refractivity contribution in [1.82, 2.24) is 0 Å². The van der Waals surface area contributed by atoms with Crippen molar-refractivity contribution in [3.63, 3.8) is 0 Å². The third-order valence-corrected chi connectivity index (χ3v) is 7.78. The summed E-state index contributed by atoms with van der Waals surface area (Å²) in [6, 6.07) is 0. The molecule has 20 heavy (non-hydrogen) atoms. The van der Waals surface area contributed by atoms with E-state index in [-0.39, 0.29) is 5.60 Å². The Bertz CT molecular complexity index is 431. The lowest BCUT2D eigenvalue weighted by Crippen LogP contribution is -2.55. The number of fused-ring (bicyclic) bond motifs is 5. The molecule has 0 spiro atoms. The Morgan fingerprint density at radius 3 is 2.75 bits per heavy atom. The Labute approximate surface area is 122 Å². The summed E-state index contributed by atoms with van der Waals surface area (Å²) in [6.07, 6.45) is 11.0. The summed E-state index contributed by atoms with van der Waals surface area (Å²) >= 11 is 0. The fourth-order valence-electron chi connectivity index (χ4n) is 6.66. The topological polar surface area (TPSA) is 37.3 Å². The number of carbonyl (C=O) groups is 1. The van der Waals surface area contributed by atoms with E-state index in [0.717, 1.165) is 43.9 Å². The van der Waals surface area contributed by atoms with Crippen molar-refractivity contribution in [2.24, 2.45) is 29.1 Å². The Morgan fingerprint density at radius 2 is 1.90 bits per heavy atom. The third-order valence-electron chi connectivity index (χ3n) is 7.78. The van der Waals surface area contributed by atoms with E-state index in [0.29, 0.717) is 23.0 Å². The first kappa shape index (κ1) is 13.3. The average molecular weight is 276 g/mol. The van der Waals surface area contributed by atoms with Crippen LogP contribution < -0.4 is 0 Å². The summed E-state index contributed by atoms with van der Waals surface area (Å²) in [7, 11) is 0. The zero-order valence-electron chi connectivity index (χ0n) is 12.7. The second-order valence-electron chi connectivity index (χ2n) is 8.43. The molecule has 0 aromatic heterocycles. The van der Waals surface area contributed by atoms with Gasteiger partial charge < -0.3 is 5.11 Å². The molecular formula is C18H28O2. The molecule has 0 saturated heterocycles. The number of rotatable bonds is 0. The Kier molecular flexibility index (Phi) is 2.87. The highest BCUT2D eigenvalue weighted by molar-refractivity contribution is 5.79. The van der Waals surface area contributed by atoms with Crippen LogP contribution in [0, 0.1) is 29.1 Å². The highest BCUT2D eigenvalue weighted by Gasteiger charge is 2.58. The maximum Gasteiger partial charge on any atom is 0.133 e. The van der Waals surface area contributed by atoms with Gasteiger partial charge >= 0.3 is 0 Å². The van der Waals surface area contributed by atoms with Gasteiger partial charge in [-0.3, -0.25) is 4.79 Å². The van der Waals surface area contributed by atoms with Crippen molar-refractivity contribution in [3.05, 3.63) is 0 Å². The number of ketones is 1. The van der Waals surface area contributed by atoms with Gasteiger partial charge in [0.2, 0.25) is 0 Å². The summed E-state index contributed by atoms with van der Waals surface area (Å²) in [4.78, 5) is 11.8. The van der Waals surface area contributed by atoms with Gasteiger partial charge in [0.25, 0.3) is 0 Å². The van der Waals surface area contributed by atoms with Gasteiger partial charge in [-0.15, -0.1) is 0 Å². The molecule has 0 unspecified atom stereocenters. The predicted molar refractivity (Wildman–Crippen MR) is 78.2 cm³/mol. The SMILES string of the molecule is C[C@]12CCC(=O)C[C@@H]1CC[C@H]1[C@@H]3CCC[C@]3(O)CC[C@@H]12. The molecule has 0 aliphatic heterocycles. The molecule has 2 nitrogen and oxygen atoms in total. The van der Waals surface area contributed by atoms with Gasteiger partial charge in [-0.05, 0) is 74.0 Å². The van der Waals surface area contributed by atoms with Gasteiger partial charge in [-0.2, -0.15) is 0 Å². The van der Waals surface area contributed by atoms with Crippen LogP contribution in [0.15, 0.2) is 0 Å². The molecule has 0 aromatic rings. The lowest BCUT2D eigenvalue weighted by Gasteiger charge is -2.59. The van der Waals surface area contributed by atoms with Crippen LogP contribution in [-0.2, 0) is 4.79 Å². The highest BCUT2D eigenvalue weighted by Crippen LogP contribution is 2.63. The number of hydrogen-bond acceptors (Lipinski definition) is 2. The maximum absolute atomic E-state index is 11.8. The van der Waals surface area contributed by atoms with Gasteiger partial charge in [0.15, 0.2) is 0 Å². The molecular weight excluding hydrogens is 248 g/mol. The summed E-state index contributed by atoms with van der Waals surface area (Å²) < 4.78 is 0. The second-order valence-corrected chi connectivity index (χ2v) is 8.43. The minimum Gasteiger partial charge on any atom is -0.390 e. The second kappa shape index (κ2) is 4.32. The predicted octanol–water partition coefficient (Wildman–Crippen LogP) is 3.71. The molecule has 6 atom stereocenters. The van der Waals surface area contributed by atoms with Crippen LogP contribution in [0.4, 0.5) is 0 Å². The zero-order chi connectivity index (χ0) is 14.0. The standard InChI is InChI=1S/C18H28O2/c1-17-9-6-13(19)11-12(17)4-5-14-15(17)7-10-18(20)8-2-3-16(14)18/h12,14-16,20H,2-11H2,1H3/t12-,14+,15-,16-,17-,18-/m0/s1. The van der Waals surface area contributed by atoms with Gasteiger partial charge in [0, 0.05) is 12.8 Å². The van der Waals surface area contributed by atoms with E-state index < -0.39 is 0 Å². The van der Waals surface area contributed by atoms with Crippen LogP contribution in [0.5, 0.6) is 0 Å².